The number of esters is 1. The molecule has 18 heavy (non-hydrogen) atoms. The highest BCUT2D eigenvalue weighted by atomic mass is 16.5. The molecule has 5 heteroatoms. The molecule has 1 aromatic rings. The van der Waals surface area contributed by atoms with Gasteiger partial charge in [-0.05, 0) is 25.5 Å². The predicted molar refractivity (Wildman–Crippen MR) is 69.6 cm³/mol. The van der Waals surface area contributed by atoms with Crippen molar-refractivity contribution in [1.82, 2.24) is 4.98 Å². The van der Waals surface area contributed by atoms with E-state index < -0.39 is 12.1 Å². The fourth-order valence-corrected chi connectivity index (χ4v) is 1.57. The Morgan fingerprint density at radius 2 is 2.33 bits per heavy atom. The summed E-state index contributed by atoms with van der Waals surface area (Å²) in [6.07, 6.45) is 2.79. The summed E-state index contributed by atoms with van der Waals surface area (Å²) in [6, 6.07) is 3.33. The normalized spacial score (nSPS) is 11.9. The Labute approximate surface area is 107 Å². The molecule has 1 rings (SSSR count). The molecule has 0 aliphatic rings. The second kappa shape index (κ2) is 7.66. The second-order valence-corrected chi connectivity index (χ2v) is 3.94. The van der Waals surface area contributed by atoms with Gasteiger partial charge < -0.3 is 15.2 Å². The first-order valence-electron chi connectivity index (χ1n) is 6.23. The van der Waals surface area contributed by atoms with Gasteiger partial charge in [0.1, 0.15) is 11.4 Å². The van der Waals surface area contributed by atoms with Crippen LogP contribution < -0.4 is 5.32 Å². The number of nitrogens with zero attached hydrogens (tertiary/aromatic N) is 1. The third kappa shape index (κ3) is 4.33. The highest BCUT2D eigenvalue weighted by Gasteiger charge is 2.13. The SMILES string of the molecule is CCCC(O)CNc1ncccc1C(=O)OCC. The van der Waals surface area contributed by atoms with Crippen LogP contribution in [0.3, 0.4) is 0 Å². The molecule has 0 saturated heterocycles. The number of carbonyl (C=O) groups excluding carboxylic acids is 1. The maximum absolute atomic E-state index is 11.7. The summed E-state index contributed by atoms with van der Waals surface area (Å²) in [6.45, 7) is 4.46. The molecule has 0 aliphatic heterocycles. The Bertz CT molecular complexity index is 382. The minimum absolute atomic E-state index is 0.325. The number of aliphatic hydroxyl groups excluding tert-OH is 1. The van der Waals surface area contributed by atoms with E-state index in [4.69, 9.17) is 4.74 Å². The van der Waals surface area contributed by atoms with Crippen LogP contribution in [0.15, 0.2) is 18.3 Å². The van der Waals surface area contributed by atoms with E-state index in [0.717, 1.165) is 6.42 Å². The van der Waals surface area contributed by atoms with Gasteiger partial charge in [-0.1, -0.05) is 13.3 Å². The number of aromatic nitrogens is 1. The molecule has 0 radical (unpaired) electrons. The Morgan fingerprint density at radius 1 is 1.56 bits per heavy atom. The average molecular weight is 252 g/mol. The van der Waals surface area contributed by atoms with Gasteiger partial charge in [-0.2, -0.15) is 0 Å². The molecule has 0 aromatic carbocycles. The Hall–Kier alpha value is -1.62. The van der Waals surface area contributed by atoms with Crippen LogP contribution in [0, 0.1) is 0 Å². The van der Waals surface area contributed by atoms with Crippen LogP contribution in [0.2, 0.25) is 0 Å². The quantitative estimate of drug-likeness (QED) is 0.724. The number of anilines is 1. The van der Waals surface area contributed by atoms with E-state index in [2.05, 4.69) is 10.3 Å². The lowest BCUT2D eigenvalue weighted by atomic mass is 10.2. The molecule has 1 heterocycles. The molecule has 5 nitrogen and oxygen atoms in total. The molecule has 0 aliphatic carbocycles. The van der Waals surface area contributed by atoms with Crippen LogP contribution in [0.25, 0.3) is 0 Å². The van der Waals surface area contributed by atoms with E-state index in [1.165, 1.54) is 0 Å². The lowest BCUT2D eigenvalue weighted by Crippen LogP contribution is -2.21. The van der Waals surface area contributed by atoms with E-state index in [9.17, 15) is 9.90 Å². The summed E-state index contributed by atoms with van der Waals surface area (Å²) in [7, 11) is 0. The summed E-state index contributed by atoms with van der Waals surface area (Å²) in [5, 5.41) is 12.6. The molecule has 100 valence electrons. The van der Waals surface area contributed by atoms with Crippen LogP contribution in [-0.2, 0) is 4.74 Å². The number of nitrogens with one attached hydrogen (secondary N) is 1. The predicted octanol–water partition coefficient (Wildman–Crippen LogP) is 1.83. The fourth-order valence-electron chi connectivity index (χ4n) is 1.57. The van der Waals surface area contributed by atoms with Gasteiger partial charge in [-0.3, -0.25) is 0 Å². The van der Waals surface area contributed by atoms with E-state index in [1.54, 1.807) is 25.3 Å². The zero-order chi connectivity index (χ0) is 13.4. The second-order valence-electron chi connectivity index (χ2n) is 3.94. The lowest BCUT2D eigenvalue weighted by Gasteiger charge is -2.13. The summed E-state index contributed by atoms with van der Waals surface area (Å²) in [5.74, 6) is 0.0455. The Balaban J connectivity index is 2.67. The molecule has 1 aromatic heterocycles. The van der Waals surface area contributed by atoms with Crippen LogP contribution in [0.5, 0.6) is 0 Å². The molecule has 0 saturated carbocycles. The number of aliphatic hydroxyl groups is 1. The van der Waals surface area contributed by atoms with E-state index in [1.807, 2.05) is 6.92 Å². The van der Waals surface area contributed by atoms with Gasteiger partial charge in [0, 0.05) is 12.7 Å². The molecule has 1 atom stereocenters. The largest absolute Gasteiger partial charge is 0.462 e. The fraction of sp³-hybridized carbons (Fsp3) is 0.538. The van der Waals surface area contributed by atoms with Crippen molar-refractivity contribution < 1.29 is 14.6 Å². The van der Waals surface area contributed by atoms with E-state index >= 15 is 0 Å². The van der Waals surface area contributed by atoms with Crippen LogP contribution >= 0.6 is 0 Å². The molecule has 1 unspecified atom stereocenters. The maximum atomic E-state index is 11.7. The topological polar surface area (TPSA) is 71.5 Å². The number of carbonyl (C=O) groups is 1. The Kier molecular flexibility index (Phi) is 6.14. The molecular weight excluding hydrogens is 232 g/mol. The van der Waals surface area contributed by atoms with Crippen molar-refractivity contribution in [3.05, 3.63) is 23.9 Å². The highest BCUT2D eigenvalue weighted by molar-refractivity contribution is 5.94. The minimum Gasteiger partial charge on any atom is -0.462 e. The zero-order valence-electron chi connectivity index (χ0n) is 10.8. The molecule has 0 fully saturated rings. The van der Waals surface area contributed by atoms with Gasteiger partial charge >= 0.3 is 5.97 Å². The first-order chi connectivity index (χ1) is 8.69. The first-order valence-corrected chi connectivity index (χ1v) is 6.23. The minimum atomic E-state index is -0.438. The standard InChI is InChI=1S/C13H20N2O3/c1-3-6-10(16)9-15-12-11(7-5-8-14-12)13(17)18-4-2/h5,7-8,10,16H,3-4,6,9H2,1-2H3,(H,14,15). The van der Waals surface area contributed by atoms with Crippen molar-refractivity contribution in [1.29, 1.82) is 0 Å². The van der Waals surface area contributed by atoms with Crippen LogP contribution in [-0.4, -0.2) is 35.3 Å². The van der Waals surface area contributed by atoms with Gasteiger partial charge in [0.15, 0.2) is 0 Å². The summed E-state index contributed by atoms with van der Waals surface area (Å²) in [5.41, 5.74) is 0.392. The molecule has 0 amide bonds. The van der Waals surface area contributed by atoms with Gasteiger partial charge in [-0.25, -0.2) is 9.78 Å². The van der Waals surface area contributed by atoms with Crippen molar-refractivity contribution in [2.75, 3.05) is 18.5 Å². The molecular formula is C13H20N2O3. The molecule has 0 bridgehead atoms. The first kappa shape index (κ1) is 14.4. The lowest BCUT2D eigenvalue weighted by molar-refractivity contribution is 0.0527. The zero-order valence-corrected chi connectivity index (χ0v) is 10.8. The van der Waals surface area contributed by atoms with Crippen molar-refractivity contribution in [2.45, 2.75) is 32.8 Å². The van der Waals surface area contributed by atoms with Crippen molar-refractivity contribution in [3.8, 4) is 0 Å². The average Bonchev–Trinajstić information content (AvgIpc) is 2.37. The molecule has 0 spiro atoms. The smallest absolute Gasteiger partial charge is 0.341 e. The van der Waals surface area contributed by atoms with Gasteiger partial charge in [0.2, 0.25) is 0 Å². The van der Waals surface area contributed by atoms with Crippen molar-refractivity contribution in [2.24, 2.45) is 0 Å². The van der Waals surface area contributed by atoms with Crippen molar-refractivity contribution >= 4 is 11.8 Å². The van der Waals surface area contributed by atoms with Crippen LogP contribution in [0.1, 0.15) is 37.0 Å². The molecule has 2 N–H and O–H groups in total. The summed E-state index contributed by atoms with van der Waals surface area (Å²) < 4.78 is 4.94. The number of pyridine rings is 1. The number of hydrogen-bond acceptors (Lipinski definition) is 5. The van der Waals surface area contributed by atoms with Gasteiger partial charge in [-0.15, -0.1) is 0 Å². The number of hydrogen-bond donors (Lipinski definition) is 2. The monoisotopic (exact) mass is 252 g/mol. The van der Waals surface area contributed by atoms with Crippen molar-refractivity contribution in [3.63, 3.8) is 0 Å². The number of ether oxygens (including phenoxy) is 1. The van der Waals surface area contributed by atoms with Crippen LogP contribution in [0.4, 0.5) is 5.82 Å². The van der Waals surface area contributed by atoms with E-state index in [-0.39, 0.29) is 0 Å². The summed E-state index contributed by atoms with van der Waals surface area (Å²) in [4.78, 5) is 15.8. The van der Waals surface area contributed by atoms with Gasteiger partial charge in [0.05, 0.1) is 12.7 Å². The highest BCUT2D eigenvalue weighted by Crippen LogP contribution is 2.13. The number of rotatable bonds is 7. The van der Waals surface area contributed by atoms with Gasteiger partial charge in [0.25, 0.3) is 0 Å². The third-order valence-corrected chi connectivity index (χ3v) is 2.43. The maximum Gasteiger partial charge on any atom is 0.341 e. The Morgan fingerprint density at radius 3 is 3.00 bits per heavy atom. The van der Waals surface area contributed by atoms with E-state index in [0.29, 0.717) is 31.0 Å². The summed E-state index contributed by atoms with van der Waals surface area (Å²) >= 11 is 0. The third-order valence-electron chi connectivity index (χ3n) is 2.43.